The number of nitrogens with one attached hydrogen (secondary N) is 3. The molecule has 1 saturated heterocycles. The summed E-state index contributed by atoms with van der Waals surface area (Å²) in [7, 11) is 0. The summed E-state index contributed by atoms with van der Waals surface area (Å²) >= 11 is 0. The molecule has 2 aromatic rings. The van der Waals surface area contributed by atoms with E-state index in [-0.39, 0.29) is 17.9 Å². The lowest BCUT2D eigenvalue weighted by atomic mass is 10.1. The number of carbonyl (C=O) groups is 2. The highest BCUT2D eigenvalue weighted by Crippen LogP contribution is 2.21. The maximum absolute atomic E-state index is 12.6. The van der Waals surface area contributed by atoms with Crippen LogP contribution in [0.25, 0.3) is 0 Å². The lowest BCUT2D eigenvalue weighted by Crippen LogP contribution is -2.30. The zero-order valence-corrected chi connectivity index (χ0v) is 15.8. The summed E-state index contributed by atoms with van der Waals surface area (Å²) < 4.78 is 1.86. The molecular weight excluding hydrogens is 344 g/mol. The Morgan fingerprint density at radius 3 is 2.56 bits per heavy atom. The number of amides is 2. The average molecular weight is 370 g/mol. The fourth-order valence-electron chi connectivity index (χ4n) is 3.18. The fraction of sp³-hybridized carbons (Fsp3) is 0.474. The van der Waals surface area contributed by atoms with Crippen LogP contribution >= 0.6 is 0 Å². The number of hydrogen-bond donors (Lipinski definition) is 3. The third-order valence-corrected chi connectivity index (χ3v) is 4.74. The number of rotatable bonds is 6. The van der Waals surface area contributed by atoms with E-state index in [4.69, 9.17) is 0 Å². The van der Waals surface area contributed by atoms with Crippen LogP contribution in [-0.2, 0) is 0 Å². The summed E-state index contributed by atoms with van der Waals surface area (Å²) in [5.74, 6) is -0.411. The van der Waals surface area contributed by atoms with Crippen molar-refractivity contribution in [3.63, 3.8) is 0 Å². The van der Waals surface area contributed by atoms with Crippen LogP contribution in [0.5, 0.6) is 0 Å². The molecule has 8 heteroatoms. The Hall–Kier alpha value is -2.74. The van der Waals surface area contributed by atoms with Crippen LogP contribution in [0, 0.1) is 6.92 Å². The molecule has 3 rings (SSSR count). The third kappa shape index (κ3) is 4.51. The van der Waals surface area contributed by atoms with Gasteiger partial charge in [-0.05, 0) is 63.5 Å². The Kier molecular flexibility index (Phi) is 6.18. The summed E-state index contributed by atoms with van der Waals surface area (Å²) in [6, 6.07) is 7.09. The summed E-state index contributed by atoms with van der Waals surface area (Å²) in [5, 5.41) is 17.2. The van der Waals surface area contributed by atoms with Gasteiger partial charge in [-0.15, -0.1) is 5.10 Å². The topological polar surface area (TPSA) is 101 Å². The van der Waals surface area contributed by atoms with Crippen molar-refractivity contribution in [1.82, 2.24) is 25.6 Å². The molecule has 1 aromatic carbocycles. The van der Waals surface area contributed by atoms with E-state index < -0.39 is 0 Å². The van der Waals surface area contributed by atoms with Gasteiger partial charge in [-0.25, -0.2) is 4.68 Å². The van der Waals surface area contributed by atoms with Gasteiger partial charge in [0.15, 0.2) is 5.69 Å². The van der Waals surface area contributed by atoms with E-state index in [1.165, 1.54) is 0 Å². The first kappa shape index (κ1) is 19.0. The van der Waals surface area contributed by atoms with Gasteiger partial charge in [-0.2, -0.15) is 0 Å². The molecule has 0 aliphatic carbocycles. The van der Waals surface area contributed by atoms with Crippen molar-refractivity contribution in [3.8, 4) is 0 Å². The number of piperidine rings is 1. The summed E-state index contributed by atoms with van der Waals surface area (Å²) in [4.78, 5) is 24.5. The predicted molar refractivity (Wildman–Crippen MR) is 103 cm³/mol. The number of hydrogen-bond acceptors (Lipinski definition) is 5. The Bertz CT molecular complexity index is 793. The molecule has 0 atom stereocenters. The van der Waals surface area contributed by atoms with Crippen LogP contribution in [-0.4, -0.2) is 46.4 Å². The van der Waals surface area contributed by atoms with Gasteiger partial charge in [0.25, 0.3) is 11.8 Å². The van der Waals surface area contributed by atoms with Gasteiger partial charge in [0.2, 0.25) is 0 Å². The van der Waals surface area contributed by atoms with Crippen molar-refractivity contribution in [2.45, 2.75) is 39.2 Å². The van der Waals surface area contributed by atoms with E-state index in [9.17, 15) is 9.59 Å². The monoisotopic (exact) mass is 370 g/mol. The second-order valence-electron chi connectivity index (χ2n) is 6.74. The highest BCUT2D eigenvalue weighted by Gasteiger charge is 2.23. The van der Waals surface area contributed by atoms with E-state index in [0.29, 0.717) is 23.5 Å². The molecule has 1 fully saturated rings. The van der Waals surface area contributed by atoms with E-state index in [2.05, 4.69) is 26.3 Å². The first-order chi connectivity index (χ1) is 13.1. The van der Waals surface area contributed by atoms with Crippen LogP contribution in [0.3, 0.4) is 0 Å². The molecular formula is C19H26N6O2. The summed E-state index contributed by atoms with van der Waals surface area (Å²) in [6.07, 6.45) is 2.84. The minimum absolute atomic E-state index is 0.115. The highest BCUT2D eigenvalue weighted by molar-refractivity contribution is 6.03. The maximum atomic E-state index is 12.6. The van der Waals surface area contributed by atoms with Crippen LogP contribution in [0.1, 0.15) is 58.8 Å². The second kappa shape index (κ2) is 8.77. The van der Waals surface area contributed by atoms with Gasteiger partial charge >= 0.3 is 0 Å². The SMILES string of the molecule is CCCNC(=O)c1ccc(NC(=O)c2nnn(C3CCNCC3)c2C)cc1. The van der Waals surface area contributed by atoms with Gasteiger partial charge in [0.1, 0.15) is 0 Å². The van der Waals surface area contributed by atoms with Crippen LogP contribution in [0.15, 0.2) is 24.3 Å². The van der Waals surface area contributed by atoms with E-state index in [1.54, 1.807) is 24.3 Å². The third-order valence-electron chi connectivity index (χ3n) is 4.74. The van der Waals surface area contributed by atoms with E-state index >= 15 is 0 Å². The number of nitrogens with zero attached hydrogens (tertiary/aromatic N) is 3. The molecule has 27 heavy (non-hydrogen) atoms. The lowest BCUT2D eigenvalue weighted by Gasteiger charge is -2.23. The minimum Gasteiger partial charge on any atom is -0.352 e. The van der Waals surface area contributed by atoms with Crippen molar-refractivity contribution in [1.29, 1.82) is 0 Å². The lowest BCUT2D eigenvalue weighted by molar-refractivity contribution is 0.0953. The highest BCUT2D eigenvalue weighted by atomic mass is 16.2. The maximum Gasteiger partial charge on any atom is 0.278 e. The molecule has 0 saturated carbocycles. The minimum atomic E-state index is -0.295. The molecule has 8 nitrogen and oxygen atoms in total. The zero-order valence-electron chi connectivity index (χ0n) is 15.8. The molecule has 1 aliphatic heterocycles. The largest absolute Gasteiger partial charge is 0.352 e. The normalized spacial score (nSPS) is 14.7. The molecule has 0 spiro atoms. The Morgan fingerprint density at radius 1 is 1.19 bits per heavy atom. The molecule has 3 N–H and O–H groups in total. The van der Waals surface area contributed by atoms with Gasteiger partial charge in [-0.1, -0.05) is 12.1 Å². The van der Waals surface area contributed by atoms with Crippen LogP contribution in [0.4, 0.5) is 5.69 Å². The van der Waals surface area contributed by atoms with Gasteiger partial charge in [0.05, 0.1) is 11.7 Å². The molecule has 1 aromatic heterocycles. The Morgan fingerprint density at radius 2 is 1.89 bits per heavy atom. The molecule has 1 aliphatic rings. The first-order valence-corrected chi connectivity index (χ1v) is 9.42. The quantitative estimate of drug-likeness (QED) is 0.721. The Balaban J connectivity index is 1.65. The molecule has 0 radical (unpaired) electrons. The van der Waals surface area contributed by atoms with Crippen LogP contribution in [0.2, 0.25) is 0 Å². The molecule has 0 unspecified atom stereocenters. The first-order valence-electron chi connectivity index (χ1n) is 9.42. The van der Waals surface area contributed by atoms with Crippen LogP contribution < -0.4 is 16.0 Å². The smallest absolute Gasteiger partial charge is 0.278 e. The Labute approximate surface area is 158 Å². The number of benzene rings is 1. The standard InChI is InChI=1S/C19H26N6O2/c1-3-10-21-18(26)14-4-6-15(7-5-14)22-19(27)17-13(2)25(24-23-17)16-8-11-20-12-9-16/h4-7,16,20H,3,8-12H2,1-2H3,(H,21,26)(H,22,27). The molecule has 144 valence electrons. The molecule has 2 heterocycles. The summed E-state index contributed by atoms with van der Waals surface area (Å²) in [6.45, 7) is 6.41. The van der Waals surface area contributed by atoms with Crippen molar-refractivity contribution < 1.29 is 9.59 Å². The van der Waals surface area contributed by atoms with Crippen molar-refractivity contribution >= 4 is 17.5 Å². The van der Waals surface area contributed by atoms with Gasteiger partial charge in [0, 0.05) is 17.8 Å². The molecule has 2 amide bonds. The fourth-order valence-corrected chi connectivity index (χ4v) is 3.18. The zero-order chi connectivity index (χ0) is 19.2. The number of aromatic nitrogens is 3. The molecule has 0 bridgehead atoms. The van der Waals surface area contributed by atoms with E-state index in [0.717, 1.165) is 38.0 Å². The van der Waals surface area contributed by atoms with Gasteiger partial charge < -0.3 is 16.0 Å². The summed E-state index contributed by atoms with van der Waals surface area (Å²) in [5.41, 5.74) is 2.28. The predicted octanol–water partition coefficient (Wildman–Crippen LogP) is 1.90. The van der Waals surface area contributed by atoms with Crippen molar-refractivity contribution in [2.75, 3.05) is 25.0 Å². The number of carbonyl (C=O) groups excluding carboxylic acids is 2. The van der Waals surface area contributed by atoms with E-state index in [1.807, 2.05) is 18.5 Å². The average Bonchev–Trinajstić information content (AvgIpc) is 3.09. The van der Waals surface area contributed by atoms with Crippen molar-refractivity contribution in [3.05, 3.63) is 41.2 Å². The van der Waals surface area contributed by atoms with Gasteiger partial charge in [-0.3, -0.25) is 9.59 Å². The second-order valence-corrected chi connectivity index (χ2v) is 6.74. The van der Waals surface area contributed by atoms with Crippen molar-refractivity contribution in [2.24, 2.45) is 0 Å². The number of anilines is 1.